The van der Waals surface area contributed by atoms with Crippen LogP contribution in [0.1, 0.15) is 43.9 Å². The minimum Gasteiger partial charge on any atom is -0.490 e. The number of anilines is 2. The van der Waals surface area contributed by atoms with Gasteiger partial charge in [0.05, 0.1) is 30.8 Å². The topological polar surface area (TPSA) is 105 Å². The summed E-state index contributed by atoms with van der Waals surface area (Å²) < 4.78 is 11.7. The van der Waals surface area contributed by atoms with Crippen molar-refractivity contribution in [3.63, 3.8) is 0 Å². The second-order valence-electron chi connectivity index (χ2n) is 10.6. The van der Waals surface area contributed by atoms with Gasteiger partial charge >= 0.3 is 0 Å². The number of likely N-dealkylation sites (N-methyl/N-ethyl adjacent to an activating group) is 1. The Balaban J connectivity index is 1.56. The van der Waals surface area contributed by atoms with Crippen LogP contribution in [-0.2, 0) is 24.2 Å². The number of carbonyl (C=O) groups is 1. The molecule has 1 aromatic heterocycles. The third-order valence-corrected chi connectivity index (χ3v) is 7.60. The molecular weight excluding hydrogens is 516 g/mol. The highest BCUT2D eigenvalue weighted by Crippen LogP contribution is 2.38. The van der Waals surface area contributed by atoms with Gasteiger partial charge in [0.25, 0.3) is 0 Å². The monoisotopic (exact) mass is 562 g/mol. The van der Waals surface area contributed by atoms with Crippen LogP contribution in [0.5, 0.6) is 11.5 Å². The first-order valence-corrected chi connectivity index (χ1v) is 14.9. The lowest BCUT2D eigenvalue weighted by atomic mass is 10.0. The number of amides is 1. The van der Waals surface area contributed by atoms with Crippen molar-refractivity contribution in [2.24, 2.45) is 5.73 Å². The predicted molar refractivity (Wildman–Crippen MR) is 166 cm³/mol. The van der Waals surface area contributed by atoms with E-state index in [0.717, 1.165) is 86.5 Å². The number of nitrogens with one attached hydrogen (secondary N) is 2. The first-order chi connectivity index (χ1) is 19.9. The Morgan fingerprint density at radius 2 is 1.76 bits per heavy atom. The van der Waals surface area contributed by atoms with E-state index < -0.39 is 5.91 Å². The molecule has 1 aliphatic heterocycles. The van der Waals surface area contributed by atoms with Crippen molar-refractivity contribution in [1.29, 1.82) is 0 Å². The molecule has 0 atom stereocenters. The molecule has 1 fully saturated rings. The average molecular weight is 563 g/mol. The highest BCUT2D eigenvalue weighted by atomic mass is 16.5. The Bertz CT molecular complexity index is 1310. The van der Waals surface area contributed by atoms with E-state index in [1.807, 2.05) is 26.0 Å². The van der Waals surface area contributed by atoms with Crippen LogP contribution in [-0.4, -0.2) is 80.2 Å². The fourth-order valence-electron chi connectivity index (χ4n) is 5.44. The van der Waals surface area contributed by atoms with Crippen molar-refractivity contribution in [2.45, 2.75) is 46.6 Å². The van der Waals surface area contributed by atoms with E-state index >= 15 is 0 Å². The van der Waals surface area contributed by atoms with Gasteiger partial charge in [-0.15, -0.1) is 0 Å². The highest BCUT2D eigenvalue weighted by Gasteiger charge is 2.18. The summed E-state index contributed by atoms with van der Waals surface area (Å²) in [4.78, 5) is 21.6. The number of hydrogen-bond donors (Lipinski definition) is 3. The number of rotatable bonds is 15. The molecule has 222 valence electrons. The number of nitrogens with two attached hydrogens (primary N) is 1. The summed E-state index contributed by atoms with van der Waals surface area (Å²) in [5.41, 5.74) is 11.5. The average Bonchev–Trinajstić information content (AvgIpc) is 2.95. The van der Waals surface area contributed by atoms with E-state index in [9.17, 15) is 4.79 Å². The Hall–Kier alpha value is -3.40. The van der Waals surface area contributed by atoms with Crippen LogP contribution < -0.4 is 25.8 Å². The van der Waals surface area contributed by atoms with Gasteiger partial charge in [-0.2, -0.15) is 0 Å². The number of nitrogens with zero attached hydrogens (tertiary/aromatic N) is 3. The summed E-state index contributed by atoms with van der Waals surface area (Å²) in [5, 5.41) is 8.18. The van der Waals surface area contributed by atoms with Crippen LogP contribution in [0.15, 0.2) is 36.5 Å². The fraction of sp³-hybridized carbons (Fsp3) is 0.500. The summed E-state index contributed by atoms with van der Waals surface area (Å²) in [5.74, 6) is 0.890. The zero-order valence-electron chi connectivity index (χ0n) is 25.1. The molecule has 4 rings (SSSR count). The third kappa shape index (κ3) is 8.09. The van der Waals surface area contributed by atoms with Crippen LogP contribution in [0.25, 0.3) is 10.9 Å². The molecule has 4 N–H and O–H groups in total. The van der Waals surface area contributed by atoms with Gasteiger partial charge in [0.1, 0.15) is 0 Å². The molecule has 0 saturated carbocycles. The molecule has 41 heavy (non-hydrogen) atoms. The van der Waals surface area contributed by atoms with E-state index in [-0.39, 0.29) is 6.42 Å². The largest absolute Gasteiger partial charge is 0.490 e. The maximum absolute atomic E-state index is 12.0. The van der Waals surface area contributed by atoms with Crippen molar-refractivity contribution in [1.82, 2.24) is 20.1 Å². The molecule has 9 nitrogen and oxygen atoms in total. The smallest absolute Gasteiger partial charge is 0.221 e. The van der Waals surface area contributed by atoms with Gasteiger partial charge in [-0.3, -0.25) is 9.78 Å². The number of benzene rings is 2. The highest BCUT2D eigenvalue weighted by molar-refractivity contribution is 5.98. The standard InChI is InChI=1S/C32H46N6O3/c1-5-25-23(21-34-12-9-13-38-16-14-37(4)15-17-38)10-8-11-27(25)36-32-24(18-31(33)39)22-35-28-20-30(41-7-3)29(40-6-2)19-26(28)32/h8,10-11,19-20,22,34H,5-7,9,12-18,21H2,1-4H3,(H2,33,39)(H,35,36). The molecule has 2 aromatic carbocycles. The maximum Gasteiger partial charge on any atom is 0.221 e. The van der Waals surface area contributed by atoms with E-state index in [0.29, 0.717) is 24.7 Å². The maximum atomic E-state index is 12.0. The van der Waals surface area contributed by atoms with Crippen LogP contribution in [0.2, 0.25) is 0 Å². The van der Waals surface area contributed by atoms with E-state index in [4.69, 9.17) is 15.2 Å². The molecule has 1 aliphatic rings. The summed E-state index contributed by atoms with van der Waals surface area (Å²) in [6, 6.07) is 10.2. The van der Waals surface area contributed by atoms with Gasteiger partial charge in [0, 0.05) is 61.6 Å². The van der Waals surface area contributed by atoms with E-state index in [2.05, 4.69) is 57.6 Å². The van der Waals surface area contributed by atoms with Crippen molar-refractivity contribution in [2.75, 3.05) is 64.8 Å². The molecule has 0 unspecified atom stereocenters. The molecule has 9 heteroatoms. The predicted octanol–water partition coefficient (Wildman–Crippen LogP) is 4.09. The first kappa shape index (κ1) is 30.6. The summed E-state index contributed by atoms with van der Waals surface area (Å²) in [6.45, 7) is 14.6. The Morgan fingerprint density at radius 3 is 2.44 bits per heavy atom. The number of fused-ring (bicyclic) bond motifs is 1. The minimum atomic E-state index is -0.407. The zero-order chi connectivity index (χ0) is 29.2. The molecule has 0 spiro atoms. The third-order valence-electron chi connectivity index (χ3n) is 7.60. The lowest BCUT2D eigenvalue weighted by Crippen LogP contribution is -2.45. The molecule has 1 amide bonds. The minimum absolute atomic E-state index is 0.0818. The first-order valence-electron chi connectivity index (χ1n) is 14.9. The summed E-state index contributed by atoms with van der Waals surface area (Å²) in [7, 11) is 2.19. The van der Waals surface area contributed by atoms with Crippen LogP contribution >= 0.6 is 0 Å². The fourth-order valence-corrected chi connectivity index (χ4v) is 5.44. The van der Waals surface area contributed by atoms with E-state index in [1.165, 1.54) is 11.1 Å². The molecule has 3 aromatic rings. The second-order valence-corrected chi connectivity index (χ2v) is 10.6. The number of carbonyl (C=O) groups excluding carboxylic acids is 1. The van der Waals surface area contributed by atoms with Gasteiger partial charge in [-0.05, 0) is 70.1 Å². The lowest BCUT2D eigenvalue weighted by Gasteiger charge is -2.32. The van der Waals surface area contributed by atoms with Crippen molar-refractivity contribution < 1.29 is 14.3 Å². The second kappa shape index (κ2) is 15.0. The number of aromatic nitrogens is 1. The van der Waals surface area contributed by atoms with Gasteiger partial charge in [-0.1, -0.05) is 19.1 Å². The Kier molecular flexibility index (Phi) is 11.2. The molecule has 0 bridgehead atoms. The Labute approximate surface area is 244 Å². The number of hydrogen-bond acceptors (Lipinski definition) is 8. The SMILES string of the molecule is CCOc1cc2ncc(CC(N)=O)c(Nc3cccc(CNCCCN4CCN(C)CC4)c3CC)c2cc1OCC. The lowest BCUT2D eigenvalue weighted by molar-refractivity contribution is -0.117. The van der Waals surface area contributed by atoms with Gasteiger partial charge < -0.3 is 35.6 Å². The van der Waals surface area contributed by atoms with Crippen LogP contribution in [0.3, 0.4) is 0 Å². The molecule has 2 heterocycles. The van der Waals surface area contributed by atoms with Crippen molar-refractivity contribution in [3.05, 3.63) is 53.2 Å². The van der Waals surface area contributed by atoms with Gasteiger partial charge in [-0.25, -0.2) is 0 Å². The Morgan fingerprint density at radius 1 is 1.02 bits per heavy atom. The molecule has 1 saturated heterocycles. The zero-order valence-corrected chi connectivity index (χ0v) is 25.1. The van der Waals surface area contributed by atoms with Crippen molar-refractivity contribution in [3.8, 4) is 11.5 Å². The number of pyridine rings is 1. The summed E-state index contributed by atoms with van der Waals surface area (Å²) in [6.07, 6.45) is 3.81. The van der Waals surface area contributed by atoms with Crippen LogP contribution in [0.4, 0.5) is 11.4 Å². The van der Waals surface area contributed by atoms with Crippen LogP contribution in [0, 0.1) is 0 Å². The number of primary amides is 1. The molecule has 0 radical (unpaired) electrons. The normalized spacial score (nSPS) is 14.3. The molecule has 0 aliphatic carbocycles. The summed E-state index contributed by atoms with van der Waals surface area (Å²) >= 11 is 0. The van der Waals surface area contributed by atoms with Crippen molar-refractivity contribution >= 4 is 28.2 Å². The quantitative estimate of drug-likeness (QED) is 0.238. The van der Waals surface area contributed by atoms with Gasteiger partial charge in [0.2, 0.25) is 5.91 Å². The van der Waals surface area contributed by atoms with E-state index in [1.54, 1.807) is 6.20 Å². The van der Waals surface area contributed by atoms with Gasteiger partial charge in [0.15, 0.2) is 11.5 Å². The number of piperazine rings is 1. The molecular formula is C32H46N6O3. The number of ether oxygens (including phenoxy) is 2.